The lowest BCUT2D eigenvalue weighted by atomic mass is 10.0. The van der Waals surface area contributed by atoms with Crippen LogP contribution in [0, 0.1) is 0 Å². The molecule has 0 saturated heterocycles. The Bertz CT molecular complexity index is 1030. The van der Waals surface area contributed by atoms with Crippen LogP contribution < -0.4 is 0 Å². The summed E-state index contributed by atoms with van der Waals surface area (Å²) in [6, 6.07) is 16.0. The van der Waals surface area contributed by atoms with Crippen molar-refractivity contribution in [2.45, 2.75) is 0 Å². The Kier molecular flexibility index (Phi) is 3.39. The topological polar surface area (TPSA) is 68.1 Å². The molecule has 0 spiro atoms. The molecule has 0 aliphatic heterocycles. The number of ether oxygens (including phenoxy) is 1. The van der Waals surface area contributed by atoms with Gasteiger partial charge in [-0.2, -0.15) is 0 Å². The highest BCUT2D eigenvalue weighted by atomic mass is 16.5. The van der Waals surface area contributed by atoms with Gasteiger partial charge in [0.1, 0.15) is 6.26 Å². The Balaban J connectivity index is 1.76. The van der Waals surface area contributed by atoms with Crippen molar-refractivity contribution < 1.29 is 13.9 Å². The van der Waals surface area contributed by atoms with Gasteiger partial charge in [0.05, 0.1) is 7.11 Å². The van der Waals surface area contributed by atoms with Crippen LogP contribution in [0.3, 0.4) is 0 Å². The molecule has 2 heterocycles. The summed E-state index contributed by atoms with van der Waals surface area (Å²) in [6.07, 6.45) is 3.29. The highest BCUT2D eigenvalue weighted by Gasteiger charge is 2.14. The third-order valence-corrected chi connectivity index (χ3v) is 3.91. The number of carbonyl (C=O) groups excluding carboxylic acids is 1. The average Bonchev–Trinajstić information content (AvgIpc) is 3.28. The van der Waals surface area contributed by atoms with Gasteiger partial charge in [0.15, 0.2) is 5.69 Å². The van der Waals surface area contributed by atoms with E-state index in [9.17, 15) is 4.79 Å². The summed E-state index contributed by atoms with van der Waals surface area (Å²) in [5, 5.41) is 1.15. The van der Waals surface area contributed by atoms with Crippen LogP contribution in [0.25, 0.3) is 33.5 Å². The van der Waals surface area contributed by atoms with E-state index in [1.165, 1.54) is 13.4 Å². The largest absolute Gasteiger partial charge is 0.464 e. The minimum absolute atomic E-state index is 0.157. The van der Waals surface area contributed by atoms with E-state index in [2.05, 4.69) is 20.8 Å². The van der Waals surface area contributed by atoms with Gasteiger partial charge in [-0.1, -0.05) is 30.3 Å². The van der Waals surface area contributed by atoms with Crippen LogP contribution in [0.15, 0.2) is 65.4 Å². The maximum atomic E-state index is 11.5. The monoisotopic (exact) mass is 318 g/mol. The maximum Gasteiger partial charge on any atom is 0.360 e. The van der Waals surface area contributed by atoms with Gasteiger partial charge in [0, 0.05) is 28.2 Å². The predicted molar refractivity (Wildman–Crippen MR) is 90.6 cm³/mol. The summed E-state index contributed by atoms with van der Waals surface area (Å²) in [4.78, 5) is 19.0. The smallest absolute Gasteiger partial charge is 0.360 e. The predicted octanol–water partition coefficient (Wildman–Crippen LogP) is 4.28. The van der Waals surface area contributed by atoms with Crippen LogP contribution in [0.1, 0.15) is 10.5 Å². The Morgan fingerprint density at radius 2 is 1.96 bits per heavy atom. The zero-order valence-electron chi connectivity index (χ0n) is 12.9. The van der Waals surface area contributed by atoms with E-state index in [0.29, 0.717) is 5.89 Å². The Labute approximate surface area is 137 Å². The Morgan fingerprint density at radius 3 is 2.83 bits per heavy atom. The molecule has 0 atom stereocenters. The number of methoxy groups -OCH3 is 1. The Morgan fingerprint density at radius 1 is 1.12 bits per heavy atom. The van der Waals surface area contributed by atoms with Gasteiger partial charge in [-0.3, -0.25) is 0 Å². The minimum Gasteiger partial charge on any atom is -0.464 e. The molecule has 4 aromatic rings. The number of benzene rings is 2. The number of hydrogen-bond donors (Lipinski definition) is 1. The first-order chi connectivity index (χ1) is 11.8. The molecule has 4 rings (SSSR count). The van der Waals surface area contributed by atoms with Gasteiger partial charge in [-0.25, -0.2) is 9.78 Å². The second-order valence-corrected chi connectivity index (χ2v) is 5.36. The van der Waals surface area contributed by atoms with Crippen molar-refractivity contribution in [1.82, 2.24) is 9.97 Å². The molecule has 0 amide bonds. The molecule has 0 radical (unpaired) electrons. The molecule has 2 aromatic heterocycles. The molecule has 0 bridgehead atoms. The zero-order valence-corrected chi connectivity index (χ0v) is 12.9. The highest BCUT2D eigenvalue weighted by molar-refractivity contribution is 5.96. The molecule has 0 aliphatic rings. The lowest BCUT2D eigenvalue weighted by molar-refractivity contribution is 0.0594. The summed E-state index contributed by atoms with van der Waals surface area (Å²) in [6.45, 7) is 0. The van der Waals surface area contributed by atoms with Crippen molar-refractivity contribution in [2.24, 2.45) is 0 Å². The number of aromatic nitrogens is 2. The van der Waals surface area contributed by atoms with Crippen molar-refractivity contribution in [1.29, 1.82) is 0 Å². The van der Waals surface area contributed by atoms with Crippen molar-refractivity contribution in [3.05, 3.63) is 66.7 Å². The van der Waals surface area contributed by atoms with Crippen LogP contribution in [0.2, 0.25) is 0 Å². The second-order valence-electron chi connectivity index (χ2n) is 5.36. The second kappa shape index (κ2) is 5.70. The van der Waals surface area contributed by atoms with Gasteiger partial charge < -0.3 is 14.1 Å². The van der Waals surface area contributed by atoms with Crippen molar-refractivity contribution in [3.8, 4) is 22.6 Å². The fraction of sp³-hybridized carbons (Fsp3) is 0.0526. The summed E-state index contributed by atoms with van der Waals surface area (Å²) < 4.78 is 10.1. The molecule has 5 nitrogen and oxygen atoms in total. The van der Waals surface area contributed by atoms with Crippen LogP contribution >= 0.6 is 0 Å². The first-order valence-corrected chi connectivity index (χ1v) is 7.47. The normalized spacial score (nSPS) is 10.9. The lowest BCUT2D eigenvalue weighted by Gasteiger charge is -2.02. The fourth-order valence-electron chi connectivity index (χ4n) is 2.73. The van der Waals surface area contributed by atoms with Crippen LogP contribution in [0.4, 0.5) is 0 Å². The molecule has 24 heavy (non-hydrogen) atoms. The van der Waals surface area contributed by atoms with Gasteiger partial charge in [0.25, 0.3) is 0 Å². The van der Waals surface area contributed by atoms with E-state index < -0.39 is 5.97 Å². The molecular formula is C19H14N2O3. The number of carbonyl (C=O) groups is 1. The van der Waals surface area contributed by atoms with E-state index >= 15 is 0 Å². The Hall–Kier alpha value is -3.34. The van der Waals surface area contributed by atoms with Gasteiger partial charge >= 0.3 is 5.97 Å². The SMILES string of the molecule is COC(=O)c1coc(-c2cccc(-c3c[nH]c4ccccc34)c2)n1. The van der Waals surface area contributed by atoms with Crippen LogP contribution in [-0.2, 0) is 4.74 Å². The fourth-order valence-corrected chi connectivity index (χ4v) is 2.73. The van der Waals surface area contributed by atoms with E-state index in [0.717, 1.165) is 27.6 Å². The lowest BCUT2D eigenvalue weighted by Crippen LogP contribution is -2.00. The zero-order chi connectivity index (χ0) is 16.5. The number of oxazole rings is 1. The van der Waals surface area contributed by atoms with E-state index in [-0.39, 0.29) is 5.69 Å². The van der Waals surface area contributed by atoms with Crippen molar-refractivity contribution in [3.63, 3.8) is 0 Å². The number of nitrogens with one attached hydrogen (secondary N) is 1. The molecule has 1 N–H and O–H groups in total. The van der Waals surface area contributed by atoms with Crippen LogP contribution in [-0.4, -0.2) is 23.0 Å². The third-order valence-electron chi connectivity index (χ3n) is 3.91. The number of rotatable bonds is 3. The average molecular weight is 318 g/mol. The summed E-state index contributed by atoms with van der Waals surface area (Å²) in [7, 11) is 1.31. The number of hydrogen-bond acceptors (Lipinski definition) is 4. The first-order valence-electron chi connectivity index (χ1n) is 7.47. The highest BCUT2D eigenvalue weighted by Crippen LogP contribution is 2.31. The van der Waals surface area contributed by atoms with Gasteiger partial charge in [0.2, 0.25) is 5.89 Å². The first kappa shape index (κ1) is 14.3. The molecule has 2 aromatic carbocycles. The quantitative estimate of drug-likeness (QED) is 0.573. The standard InChI is InChI=1S/C19H14N2O3/c1-23-19(22)17-11-24-18(21-17)13-6-4-5-12(9-13)15-10-20-16-8-3-2-7-14(15)16/h2-11,20H,1H3. The number of fused-ring (bicyclic) bond motifs is 1. The summed E-state index contributed by atoms with van der Waals surface area (Å²) >= 11 is 0. The maximum absolute atomic E-state index is 11.5. The molecule has 0 aliphatic carbocycles. The van der Waals surface area contributed by atoms with Crippen molar-refractivity contribution in [2.75, 3.05) is 7.11 Å². The molecular weight excluding hydrogens is 304 g/mol. The number of H-pyrrole nitrogens is 1. The van der Waals surface area contributed by atoms with E-state index in [4.69, 9.17) is 4.42 Å². The van der Waals surface area contributed by atoms with Gasteiger partial charge in [-0.05, 0) is 23.8 Å². The minimum atomic E-state index is -0.516. The number of esters is 1. The van der Waals surface area contributed by atoms with Crippen LogP contribution in [0.5, 0.6) is 0 Å². The molecule has 118 valence electrons. The molecule has 0 fully saturated rings. The van der Waals surface area contributed by atoms with E-state index in [1.807, 2.05) is 48.7 Å². The molecule has 0 saturated carbocycles. The number of nitrogens with zero attached hydrogens (tertiary/aromatic N) is 1. The molecule has 5 heteroatoms. The van der Waals surface area contributed by atoms with Crippen molar-refractivity contribution >= 4 is 16.9 Å². The molecule has 0 unspecified atom stereocenters. The third kappa shape index (κ3) is 2.36. The summed E-state index contributed by atoms with van der Waals surface area (Å²) in [5.41, 5.74) is 4.19. The van der Waals surface area contributed by atoms with E-state index in [1.54, 1.807) is 0 Å². The summed E-state index contributed by atoms with van der Waals surface area (Å²) in [5.74, 6) is -0.130. The number of aromatic amines is 1. The number of para-hydroxylation sites is 1. The van der Waals surface area contributed by atoms with Gasteiger partial charge in [-0.15, -0.1) is 0 Å².